The van der Waals surface area contributed by atoms with Gasteiger partial charge in [0.05, 0.1) is 22.1 Å². The molecule has 5 nitrogen and oxygen atoms in total. The molecule has 12 rings (SSSR count). The highest BCUT2D eigenvalue weighted by Crippen LogP contribution is 2.43. The highest BCUT2D eigenvalue weighted by Gasteiger charge is 2.22. The Morgan fingerprint density at radius 2 is 0.810 bits per heavy atom. The largest absolute Gasteiger partial charge is 0.309 e. The molecule has 5 heteroatoms. The van der Waals surface area contributed by atoms with E-state index in [9.17, 15) is 0 Å². The molecule has 0 saturated carbocycles. The highest BCUT2D eigenvalue weighted by atomic mass is 15.0. The monoisotopic (exact) mass is 739 g/mol. The number of hydrogen-bond donors (Lipinski definition) is 0. The first-order valence-corrected chi connectivity index (χ1v) is 19.6. The van der Waals surface area contributed by atoms with Crippen molar-refractivity contribution in [3.8, 4) is 45.5 Å². The SMILES string of the molecule is c1ccc(-c2nc(-c3ccc4ccccc4c3)nc(-c3cc(-n4c5ccccc5c5c6c7ccccc7n(-c7ccccc7)c6ccc54)cc4ccccc34)n2)cc1. The predicted octanol–water partition coefficient (Wildman–Crippen LogP) is 13.4. The van der Waals surface area contributed by atoms with Gasteiger partial charge in [-0.1, -0.05) is 146 Å². The molecule has 0 unspecified atom stereocenters. The van der Waals surface area contributed by atoms with E-state index in [1.54, 1.807) is 0 Å². The van der Waals surface area contributed by atoms with Crippen LogP contribution >= 0.6 is 0 Å². The molecule has 0 aliphatic carbocycles. The summed E-state index contributed by atoms with van der Waals surface area (Å²) >= 11 is 0. The van der Waals surface area contributed by atoms with Crippen molar-refractivity contribution in [3.05, 3.63) is 200 Å². The third-order valence-corrected chi connectivity index (χ3v) is 11.5. The lowest BCUT2D eigenvalue weighted by Gasteiger charge is -2.15. The van der Waals surface area contributed by atoms with E-state index in [0.717, 1.165) is 55.3 Å². The van der Waals surface area contributed by atoms with Gasteiger partial charge in [-0.3, -0.25) is 0 Å². The molecule has 0 atom stereocenters. The summed E-state index contributed by atoms with van der Waals surface area (Å²) in [7, 11) is 0. The molecular formula is C53H33N5. The fourth-order valence-corrected chi connectivity index (χ4v) is 8.93. The molecule has 12 aromatic rings. The van der Waals surface area contributed by atoms with Gasteiger partial charge in [-0.15, -0.1) is 0 Å². The molecule has 0 N–H and O–H groups in total. The number of hydrogen-bond acceptors (Lipinski definition) is 3. The zero-order chi connectivity index (χ0) is 38.2. The first-order chi connectivity index (χ1) is 28.8. The van der Waals surface area contributed by atoms with Crippen LogP contribution in [0, 0.1) is 0 Å². The van der Waals surface area contributed by atoms with E-state index in [-0.39, 0.29) is 0 Å². The molecule has 9 aromatic carbocycles. The van der Waals surface area contributed by atoms with Gasteiger partial charge in [0, 0.05) is 49.6 Å². The molecule has 270 valence electrons. The topological polar surface area (TPSA) is 48.5 Å². The van der Waals surface area contributed by atoms with Crippen LogP contribution in [0.15, 0.2) is 200 Å². The second kappa shape index (κ2) is 12.8. The fourth-order valence-electron chi connectivity index (χ4n) is 8.93. The molecule has 0 amide bonds. The van der Waals surface area contributed by atoms with Crippen molar-refractivity contribution in [1.29, 1.82) is 0 Å². The summed E-state index contributed by atoms with van der Waals surface area (Å²) in [5.74, 6) is 1.90. The summed E-state index contributed by atoms with van der Waals surface area (Å²) in [5.41, 5.74) is 9.67. The molecule has 0 saturated heterocycles. The van der Waals surface area contributed by atoms with E-state index < -0.39 is 0 Å². The zero-order valence-corrected chi connectivity index (χ0v) is 31.3. The van der Waals surface area contributed by atoms with Crippen molar-refractivity contribution < 1.29 is 0 Å². The van der Waals surface area contributed by atoms with Crippen LogP contribution in [-0.2, 0) is 0 Å². The van der Waals surface area contributed by atoms with Gasteiger partial charge in [0.1, 0.15) is 0 Å². The van der Waals surface area contributed by atoms with Crippen LogP contribution < -0.4 is 0 Å². The number of para-hydroxylation sites is 3. The highest BCUT2D eigenvalue weighted by molar-refractivity contribution is 6.29. The number of nitrogens with zero attached hydrogens (tertiary/aromatic N) is 5. The lowest BCUT2D eigenvalue weighted by Crippen LogP contribution is -2.02. The quantitative estimate of drug-likeness (QED) is 0.177. The van der Waals surface area contributed by atoms with E-state index in [1.165, 1.54) is 38.0 Å². The third-order valence-electron chi connectivity index (χ3n) is 11.5. The third kappa shape index (κ3) is 5.00. The van der Waals surface area contributed by atoms with Gasteiger partial charge in [-0.05, 0) is 76.1 Å². The Morgan fingerprint density at radius 1 is 0.293 bits per heavy atom. The van der Waals surface area contributed by atoms with Gasteiger partial charge >= 0.3 is 0 Å². The van der Waals surface area contributed by atoms with Gasteiger partial charge < -0.3 is 9.13 Å². The van der Waals surface area contributed by atoms with Crippen LogP contribution in [0.1, 0.15) is 0 Å². The van der Waals surface area contributed by atoms with Crippen molar-refractivity contribution in [2.45, 2.75) is 0 Å². The molecule has 3 heterocycles. The number of rotatable bonds is 5. The zero-order valence-electron chi connectivity index (χ0n) is 31.3. The van der Waals surface area contributed by atoms with Gasteiger partial charge in [0.15, 0.2) is 17.5 Å². The maximum absolute atomic E-state index is 5.28. The minimum Gasteiger partial charge on any atom is -0.309 e. The Kier molecular flexibility index (Phi) is 7.16. The number of aromatic nitrogens is 5. The van der Waals surface area contributed by atoms with E-state index in [4.69, 9.17) is 15.0 Å². The van der Waals surface area contributed by atoms with Crippen molar-refractivity contribution in [2.75, 3.05) is 0 Å². The molecule has 0 aliphatic heterocycles. The van der Waals surface area contributed by atoms with E-state index in [2.05, 4.69) is 191 Å². The lowest BCUT2D eigenvalue weighted by atomic mass is 10.0. The van der Waals surface area contributed by atoms with Crippen LogP contribution in [0.2, 0.25) is 0 Å². The van der Waals surface area contributed by atoms with E-state index in [1.807, 2.05) is 18.2 Å². The van der Waals surface area contributed by atoms with Gasteiger partial charge in [0.25, 0.3) is 0 Å². The summed E-state index contributed by atoms with van der Waals surface area (Å²) in [6, 6.07) is 70.9. The van der Waals surface area contributed by atoms with Gasteiger partial charge in [0.2, 0.25) is 0 Å². The Bertz CT molecular complexity index is 3560. The summed E-state index contributed by atoms with van der Waals surface area (Å²) in [6.07, 6.45) is 0. The Labute approximate surface area is 333 Å². The summed E-state index contributed by atoms with van der Waals surface area (Å²) in [5, 5.41) is 9.43. The summed E-state index contributed by atoms with van der Waals surface area (Å²) < 4.78 is 4.81. The first-order valence-electron chi connectivity index (χ1n) is 19.6. The van der Waals surface area contributed by atoms with Gasteiger partial charge in [-0.25, -0.2) is 15.0 Å². The minimum absolute atomic E-state index is 0.629. The molecular weight excluding hydrogens is 707 g/mol. The van der Waals surface area contributed by atoms with E-state index in [0.29, 0.717) is 17.5 Å². The number of fused-ring (bicyclic) bond motifs is 9. The van der Waals surface area contributed by atoms with Crippen molar-refractivity contribution in [2.24, 2.45) is 0 Å². The normalized spacial score (nSPS) is 11.8. The Hall–Kier alpha value is -7.89. The van der Waals surface area contributed by atoms with Crippen molar-refractivity contribution in [3.63, 3.8) is 0 Å². The van der Waals surface area contributed by atoms with Crippen LogP contribution in [0.3, 0.4) is 0 Å². The van der Waals surface area contributed by atoms with Gasteiger partial charge in [-0.2, -0.15) is 0 Å². The molecule has 0 radical (unpaired) electrons. The first kappa shape index (κ1) is 32.4. The van der Waals surface area contributed by atoms with Crippen LogP contribution in [0.5, 0.6) is 0 Å². The second-order valence-corrected chi connectivity index (χ2v) is 14.8. The maximum Gasteiger partial charge on any atom is 0.164 e. The molecule has 0 fully saturated rings. The smallest absolute Gasteiger partial charge is 0.164 e. The average Bonchev–Trinajstić information content (AvgIpc) is 3.82. The fraction of sp³-hybridized carbons (Fsp3) is 0. The number of benzene rings is 9. The Morgan fingerprint density at radius 3 is 1.50 bits per heavy atom. The van der Waals surface area contributed by atoms with Crippen molar-refractivity contribution >= 4 is 65.2 Å². The van der Waals surface area contributed by atoms with Crippen LogP contribution in [0.4, 0.5) is 0 Å². The van der Waals surface area contributed by atoms with Crippen molar-refractivity contribution in [1.82, 2.24) is 24.1 Å². The lowest BCUT2D eigenvalue weighted by molar-refractivity contribution is 1.07. The standard InChI is InChI=1S/C53H33N5/c1-3-16-35(17-4-1)51-54-52(38-28-27-34-15-7-8-18-36(34)31-38)56-53(55-51)44-33-40(32-37-19-9-10-22-41(37)44)58-46-26-14-12-24-43(46)50-48(58)30-29-47-49(50)42-23-11-13-25-45(42)57(47)39-20-5-2-6-21-39/h1-33H. The van der Waals surface area contributed by atoms with Crippen LogP contribution in [0.25, 0.3) is 111 Å². The maximum atomic E-state index is 5.28. The minimum atomic E-state index is 0.629. The summed E-state index contributed by atoms with van der Waals surface area (Å²) in [6.45, 7) is 0. The van der Waals surface area contributed by atoms with Crippen LogP contribution in [-0.4, -0.2) is 24.1 Å². The molecule has 0 aliphatic rings. The summed E-state index contributed by atoms with van der Waals surface area (Å²) in [4.78, 5) is 15.6. The molecule has 0 bridgehead atoms. The predicted molar refractivity (Wildman–Crippen MR) is 240 cm³/mol. The molecule has 58 heavy (non-hydrogen) atoms. The Balaban J connectivity index is 1.14. The average molecular weight is 740 g/mol. The second-order valence-electron chi connectivity index (χ2n) is 14.8. The molecule has 3 aromatic heterocycles. The van der Waals surface area contributed by atoms with E-state index >= 15 is 0 Å². The molecule has 0 spiro atoms.